The van der Waals surface area contributed by atoms with Crippen molar-refractivity contribution >= 4 is 17.9 Å². The lowest BCUT2D eigenvalue weighted by molar-refractivity contribution is -0.151. The molecule has 4 heterocycles. The normalized spacial score (nSPS) is 31.0. The summed E-state index contributed by atoms with van der Waals surface area (Å²) in [6, 6.07) is 6.79. The van der Waals surface area contributed by atoms with Gasteiger partial charge in [0, 0.05) is 62.8 Å². The standard InChI is InChI=1S/C41H62N4O6/c1-30(35-17-12-18-37(42-35)44-23-9-10-24-44)13-11-14-31(2)39-32(3)19-20-36(41(4,49)22-21-34(46)29-38(47)51-39)50-40(48)45-27-25-43(26-28-45)33-15-7-5-6-8-16-33/h11-14,17-20,30,32-34,36,39,46,49H,5-10,15-16,21-29H2,1-4H3/b13-11+,20-19+,31-14+/t30?,32-,34+,36-,39+,41+/m0/s1. The van der Waals surface area contributed by atoms with Crippen molar-refractivity contribution in [1.29, 1.82) is 0 Å². The fourth-order valence-electron chi connectivity index (χ4n) is 7.91. The number of allylic oxidation sites excluding steroid dienone is 3. The molecule has 2 N–H and O–H groups in total. The van der Waals surface area contributed by atoms with Gasteiger partial charge in [0.2, 0.25) is 0 Å². The molecular weight excluding hydrogens is 644 g/mol. The summed E-state index contributed by atoms with van der Waals surface area (Å²) in [5.41, 5.74) is 0.386. The first kappa shape index (κ1) is 39.0. The van der Waals surface area contributed by atoms with E-state index in [0.29, 0.717) is 19.1 Å². The van der Waals surface area contributed by atoms with Crippen LogP contribution in [0.3, 0.4) is 0 Å². The second-order valence-corrected chi connectivity index (χ2v) is 15.6. The second kappa shape index (κ2) is 18.5. The van der Waals surface area contributed by atoms with Gasteiger partial charge in [-0.3, -0.25) is 9.69 Å². The zero-order chi connectivity index (χ0) is 36.4. The van der Waals surface area contributed by atoms with Crippen LogP contribution in [0.4, 0.5) is 10.6 Å². The Morgan fingerprint density at radius 2 is 1.73 bits per heavy atom. The van der Waals surface area contributed by atoms with Crippen LogP contribution < -0.4 is 4.90 Å². The molecule has 51 heavy (non-hydrogen) atoms. The maximum absolute atomic E-state index is 13.5. The molecule has 1 unspecified atom stereocenters. The van der Waals surface area contributed by atoms with E-state index in [1.165, 1.54) is 51.4 Å². The zero-order valence-corrected chi connectivity index (χ0v) is 31.4. The minimum absolute atomic E-state index is 0.0837. The molecule has 3 fully saturated rings. The van der Waals surface area contributed by atoms with Crippen LogP contribution in [0.25, 0.3) is 0 Å². The van der Waals surface area contributed by atoms with Gasteiger partial charge in [0.1, 0.15) is 17.5 Å². The van der Waals surface area contributed by atoms with Gasteiger partial charge in [-0.1, -0.05) is 69.9 Å². The predicted octanol–water partition coefficient (Wildman–Crippen LogP) is 6.53. The van der Waals surface area contributed by atoms with Gasteiger partial charge >= 0.3 is 12.1 Å². The Hall–Kier alpha value is -3.21. The number of aliphatic hydroxyl groups is 2. The van der Waals surface area contributed by atoms with Crippen LogP contribution in [0.2, 0.25) is 0 Å². The molecule has 0 bridgehead atoms. The number of hydrogen-bond acceptors (Lipinski definition) is 9. The second-order valence-electron chi connectivity index (χ2n) is 15.6. The average Bonchev–Trinajstić information content (AvgIpc) is 3.53. The predicted molar refractivity (Wildman–Crippen MR) is 201 cm³/mol. The van der Waals surface area contributed by atoms with E-state index in [9.17, 15) is 19.8 Å². The summed E-state index contributed by atoms with van der Waals surface area (Å²) in [4.78, 5) is 38.0. The van der Waals surface area contributed by atoms with Crippen molar-refractivity contribution in [2.24, 2.45) is 5.92 Å². The number of esters is 1. The highest BCUT2D eigenvalue weighted by Crippen LogP contribution is 2.29. The van der Waals surface area contributed by atoms with Crippen molar-refractivity contribution < 1.29 is 29.3 Å². The number of carbonyl (C=O) groups excluding carboxylic acids is 2. The number of aliphatic hydroxyl groups excluding tert-OH is 1. The zero-order valence-electron chi connectivity index (χ0n) is 31.4. The summed E-state index contributed by atoms with van der Waals surface area (Å²) in [6.45, 7) is 12.5. The van der Waals surface area contributed by atoms with Crippen LogP contribution in [0.5, 0.6) is 0 Å². The van der Waals surface area contributed by atoms with E-state index >= 15 is 0 Å². The number of cyclic esters (lactones) is 1. The Labute approximate surface area is 305 Å². The number of piperazine rings is 1. The van der Waals surface area contributed by atoms with Crippen molar-refractivity contribution in [2.75, 3.05) is 44.2 Å². The molecular formula is C41H62N4O6. The lowest BCUT2D eigenvalue weighted by Gasteiger charge is -2.40. The Kier molecular flexibility index (Phi) is 14.2. The molecule has 1 saturated carbocycles. The molecule has 1 aliphatic carbocycles. The van der Waals surface area contributed by atoms with Crippen LogP contribution in [0.1, 0.15) is 110 Å². The van der Waals surface area contributed by atoms with Crippen molar-refractivity contribution in [1.82, 2.24) is 14.8 Å². The molecule has 1 aromatic rings. The van der Waals surface area contributed by atoms with E-state index in [-0.39, 0.29) is 31.1 Å². The van der Waals surface area contributed by atoms with Gasteiger partial charge in [0.15, 0.2) is 6.10 Å². The highest BCUT2D eigenvalue weighted by molar-refractivity contribution is 5.70. The number of amides is 1. The highest BCUT2D eigenvalue weighted by atomic mass is 16.6. The summed E-state index contributed by atoms with van der Waals surface area (Å²) < 4.78 is 12.0. The van der Waals surface area contributed by atoms with Gasteiger partial charge < -0.3 is 29.5 Å². The third kappa shape index (κ3) is 11.1. The highest BCUT2D eigenvalue weighted by Gasteiger charge is 2.37. The molecule has 4 aliphatic rings. The number of nitrogens with zero attached hydrogens (tertiary/aromatic N) is 4. The fourth-order valence-corrected chi connectivity index (χ4v) is 7.91. The summed E-state index contributed by atoms with van der Waals surface area (Å²) in [7, 11) is 0. The van der Waals surface area contributed by atoms with Gasteiger partial charge in [-0.25, -0.2) is 9.78 Å². The number of anilines is 1. The molecule has 3 aliphatic heterocycles. The molecule has 0 aromatic carbocycles. The third-order valence-corrected chi connectivity index (χ3v) is 11.3. The van der Waals surface area contributed by atoms with E-state index in [1.807, 2.05) is 32.1 Å². The first-order valence-electron chi connectivity index (χ1n) is 19.5. The van der Waals surface area contributed by atoms with E-state index in [4.69, 9.17) is 14.5 Å². The van der Waals surface area contributed by atoms with Gasteiger partial charge in [-0.05, 0) is 76.2 Å². The smallest absolute Gasteiger partial charge is 0.410 e. The SMILES string of the molecule is C/C(=C\C=C\C(C)c1cccc(N2CCCC2)n1)[C@H]1OC(=O)C[C@H](O)CC[C@@](C)(O)[C@@H](OC(=O)N2CCN(C3CCCCCC3)CC2)/C=C/[C@@H]1C. The summed E-state index contributed by atoms with van der Waals surface area (Å²) in [5, 5.41) is 22.3. The monoisotopic (exact) mass is 706 g/mol. The molecule has 0 spiro atoms. The molecule has 1 aromatic heterocycles. The molecule has 10 heteroatoms. The molecule has 5 rings (SSSR count). The number of rotatable bonds is 7. The van der Waals surface area contributed by atoms with Crippen LogP contribution in [0.15, 0.2) is 54.2 Å². The molecule has 6 atom stereocenters. The summed E-state index contributed by atoms with van der Waals surface area (Å²) >= 11 is 0. The maximum atomic E-state index is 13.5. The first-order valence-corrected chi connectivity index (χ1v) is 19.5. The quantitative estimate of drug-likeness (QED) is 0.141. The lowest BCUT2D eigenvalue weighted by Crippen LogP contribution is -2.53. The molecule has 0 radical (unpaired) electrons. The van der Waals surface area contributed by atoms with Crippen molar-refractivity contribution in [3.05, 3.63) is 59.8 Å². The number of ether oxygens (including phenoxy) is 2. The Bertz CT molecular complexity index is 1370. The average molecular weight is 707 g/mol. The van der Waals surface area contributed by atoms with Crippen LogP contribution in [-0.2, 0) is 14.3 Å². The Balaban J connectivity index is 1.26. The van der Waals surface area contributed by atoms with Gasteiger partial charge in [0.25, 0.3) is 0 Å². The van der Waals surface area contributed by atoms with Gasteiger partial charge in [-0.2, -0.15) is 0 Å². The van der Waals surface area contributed by atoms with Gasteiger partial charge in [0.05, 0.1) is 12.5 Å². The third-order valence-electron chi connectivity index (χ3n) is 11.3. The van der Waals surface area contributed by atoms with Crippen molar-refractivity contribution in [2.45, 2.75) is 134 Å². The number of aromatic nitrogens is 1. The fraction of sp³-hybridized carbons (Fsp3) is 0.683. The van der Waals surface area contributed by atoms with Crippen molar-refractivity contribution in [3.8, 4) is 0 Å². The summed E-state index contributed by atoms with van der Waals surface area (Å²) in [6.07, 6.45) is 16.8. The van der Waals surface area contributed by atoms with E-state index in [2.05, 4.69) is 41.0 Å². The molecule has 2 saturated heterocycles. The van der Waals surface area contributed by atoms with E-state index < -0.39 is 36.0 Å². The van der Waals surface area contributed by atoms with E-state index in [1.54, 1.807) is 17.9 Å². The Morgan fingerprint density at radius 1 is 1.02 bits per heavy atom. The van der Waals surface area contributed by atoms with Crippen LogP contribution in [0, 0.1) is 5.92 Å². The van der Waals surface area contributed by atoms with Gasteiger partial charge in [-0.15, -0.1) is 0 Å². The molecule has 1 amide bonds. The minimum atomic E-state index is -1.45. The minimum Gasteiger partial charge on any atom is -0.457 e. The molecule has 282 valence electrons. The number of carbonyl (C=O) groups is 2. The summed E-state index contributed by atoms with van der Waals surface area (Å²) in [5.74, 6) is 0.314. The number of hydrogen-bond donors (Lipinski definition) is 2. The molecule has 10 nitrogen and oxygen atoms in total. The Morgan fingerprint density at radius 3 is 2.43 bits per heavy atom. The van der Waals surface area contributed by atoms with Crippen LogP contribution in [-0.4, -0.2) is 106 Å². The van der Waals surface area contributed by atoms with Crippen LogP contribution >= 0.6 is 0 Å². The van der Waals surface area contributed by atoms with E-state index in [0.717, 1.165) is 43.3 Å². The maximum Gasteiger partial charge on any atom is 0.410 e. The van der Waals surface area contributed by atoms with Crippen molar-refractivity contribution in [3.63, 3.8) is 0 Å². The lowest BCUT2D eigenvalue weighted by atomic mass is 9.88. The number of pyridine rings is 1. The largest absolute Gasteiger partial charge is 0.457 e. The topological polar surface area (TPSA) is 116 Å². The first-order chi connectivity index (χ1) is 24.5.